The summed E-state index contributed by atoms with van der Waals surface area (Å²) in [5, 5.41) is 13.7. The number of carbonyl (C=O) groups is 1. The zero-order chi connectivity index (χ0) is 21.3. The van der Waals surface area contributed by atoms with E-state index in [1.807, 2.05) is 48.9 Å². The molecule has 0 saturated heterocycles. The molecule has 4 aromatic rings. The standard InChI is InChI=1S/C22H20N6O2/c1-14-19(15(2)28(25-14)16-9-5-4-6-10-16)13-23-24-21(29)20-17-11-7-8-12-18(17)22(30)27(3)26-20/h4-13H,1-3H3,(H,24,29)/b23-13+. The van der Waals surface area contributed by atoms with Gasteiger partial charge in [-0.2, -0.15) is 15.3 Å². The fourth-order valence-corrected chi connectivity index (χ4v) is 3.34. The Labute approximate surface area is 172 Å². The Balaban J connectivity index is 1.62. The summed E-state index contributed by atoms with van der Waals surface area (Å²) in [6, 6.07) is 16.7. The van der Waals surface area contributed by atoms with E-state index in [2.05, 4.69) is 20.7 Å². The van der Waals surface area contributed by atoms with E-state index in [1.54, 1.807) is 30.5 Å². The number of para-hydroxylation sites is 1. The third-order valence-corrected chi connectivity index (χ3v) is 4.88. The number of fused-ring (bicyclic) bond motifs is 1. The van der Waals surface area contributed by atoms with Crippen molar-refractivity contribution >= 4 is 22.9 Å². The third kappa shape index (κ3) is 3.39. The number of hydrogen-bond donors (Lipinski definition) is 1. The van der Waals surface area contributed by atoms with Crippen molar-refractivity contribution in [3.63, 3.8) is 0 Å². The Morgan fingerprint density at radius 2 is 1.67 bits per heavy atom. The minimum atomic E-state index is -0.496. The lowest BCUT2D eigenvalue weighted by atomic mass is 10.1. The first-order chi connectivity index (χ1) is 14.5. The molecule has 1 N–H and O–H groups in total. The van der Waals surface area contributed by atoms with E-state index in [-0.39, 0.29) is 11.3 Å². The first-order valence-corrected chi connectivity index (χ1v) is 9.38. The highest BCUT2D eigenvalue weighted by Gasteiger charge is 2.15. The van der Waals surface area contributed by atoms with Crippen molar-refractivity contribution in [2.75, 3.05) is 0 Å². The molecule has 150 valence electrons. The second kappa shape index (κ2) is 7.75. The van der Waals surface area contributed by atoms with Crippen molar-refractivity contribution in [3.8, 4) is 5.69 Å². The summed E-state index contributed by atoms with van der Waals surface area (Å²) in [5.41, 5.74) is 5.84. The van der Waals surface area contributed by atoms with Gasteiger partial charge in [0.25, 0.3) is 11.5 Å². The van der Waals surface area contributed by atoms with Gasteiger partial charge in [-0.25, -0.2) is 14.8 Å². The molecule has 2 aromatic carbocycles. The second-order valence-electron chi connectivity index (χ2n) is 6.85. The highest BCUT2D eigenvalue weighted by Crippen LogP contribution is 2.16. The van der Waals surface area contributed by atoms with Gasteiger partial charge in [0.05, 0.1) is 28.7 Å². The van der Waals surface area contributed by atoms with Crippen LogP contribution in [0.25, 0.3) is 16.5 Å². The smallest absolute Gasteiger partial charge is 0.267 e. The molecule has 8 heteroatoms. The topological polar surface area (TPSA) is 94.2 Å². The van der Waals surface area contributed by atoms with Crippen molar-refractivity contribution in [2.24, 2.45) is 12.1 Å². The number of aryl methyl sites for hydroxylation is 2. The molecule has 2 heterocycles. The highest BCUT2D eigenvalue weighted by molar-refractivity contribution is 6.05. The van der Waals surface area contributed by atoms with Gasteiger partial charge in [0.2, 0.25) is 0 Å². The first kappa shape index (κ1) is 19.3. The first-order valence-electron chi connectivity index (χ1n) is 9.38. The number of nitrogens with zero attached hydrogens (tertiary/aromatic N) is 5. The number of hydrazone groups is 1. The lowest BCUT2D eigenvalue weighted by Crippen LogP contribution is -2.27. The highest BCUT2D eigenvalue weighted by atomic mass is 16.2. The van der Waals surface area contributed by atoms with E-state index in [4.69, 9.17) is 0 Å². The number of hydrogen-bond acceptors (Lipinski definition) is 5. The summed E-state index contributed by atoms with van der Waals surface area (Å²) in [4.78, 5) is 24.9. The lowest BCUT2D eigenvalue weighted by Gasteiger charge is -2.06. The van der Waals surface area contributed by atoms with Crippen molar-refractivity contribution < 1.29 is 4.79 Å². The molecule has 0 saturated carbocycles. The van der Waals surface area contributed by atoms with E-state index >= 15 is 0 Å². The fourth-order valence-electron chi connectivity index (χ4n) is 3.34. The van der Waals surface area contributed by atoms with E-state index in [0.717, 1.165) is 27.3 Å². The SMILES string of the molecule is Cc1nn(-c2ccccc2)c(C)c1/C=N/NC(=O)c1nn(C)c(=O)c2ccccc12. The number of amides is 1. The van der Waals surface area contributed by atoms with Crippen LogP contribution in [0.4, 0.5) is 0 Å². The molecule has 0 aliphatic rings. The Kier molecular flexibility index (Phi) is 4.97. The van der Waals surface area contributed by atoms with Crippen LogP contribution in [0, 0.1) is 13.8 Å². The monoisotopic (exact) mass is 400 g/mol. The van der Waals surface area contributed by atoms with Gasteiger partial charge in [-0.3, -0.25) is 9.59 Å². The van der Waals surface area contributed by atoms with Crippen molar-refractivity contribution in [2.45, 2.75) is 13.8 Å². The van der Waals surface area contributed by atoms with Crippen LogP contribution in [0.5, 0.6) is 0 Å². The molecular weight excluding hydrogens is 380 g/mol. The van der Waals surface area contributed by atoms with Crippen LogP contribution in [-0.2, 0) is 7.05 Å². The Bertz CT molecular complexity index is 1340. The van der Waals surface area contributed by atoms with Crippen molar-refractivity contribution in [3.05, 3.63) is 87.6 Å². The molecule has 8 nitrogen and oxygen atoms in total. The summed E-state index contributed by atoms with van der Waals surface area (Å²) in [7, 11) is 1.51. The molecule has 0 atom stereocenters. The largest absolute Gasteiger partial charge is 0.292 e. The maximum atomic E-state index is 12.7. The van der Waals surface area contributed by atoms with Crippen molar-refractivity contribution in [1.82, 2.24) is 25.0 Å². The van der Waals surface area contributed by atoms with Crippen LogP contribution >= 0.6 is 0 Å². The van der Waals surface area contributed by atoms with E-state index in [9.17, 15) is 9.59 Å². The van der Waals surface area contributed by atoms with Crippen LogP contribution in [0.3, 0.4) is 0 Å². The molecule has 0 unspecified atom stereocenters. The molecule has 4 rings (SSSR count). The molecule has 2 aromatic heterocycles. The van der Waals surface area contributed by atoms with Crippen LogP contribution in [-0.4, -0.2) is 31.7 Å². The number of rotatable bonds is 4. The summed E-state index contributed by atoms with van der Waals surface area (Å²) in [6.07, 6.45) is 1.57. The maximum Gasteiger partial charge on any atom is 0.292 e. The van der Waals surface area contributed by atoms with Gasteiger partial charge in [-0.1, -0.05) is 36.4 Å². The molecule has 1 amide bonds. The van der Waals surface area contributed by atoms with E-state index in [1.165, 1.54) is 7.05 Å². The van der Waals surface area contributed by atoms with Gasteiger partial charge < -0.3 is 0 Å². The normalized spacial score (nSPS) is 11.3. The number of benzene rings is 2. The average molecular weight is 400 g/mol. The zero-order valence-electron chi connectivity index (χ0n) is 16.8. The minimum Gasteiger partial charge on any atom is -0.267 e. The lowest BCUT2D eigenvalue weighted by molar-refractivity contribution is 0.0950. The fraction of sp³-hybridized carbons (Fsp3) is 0.136. The van der Waals surface area contributed by atoms with Gasteiger partial charge >= 0.3 is 0 Å². The van der Waals surface area contributed by atoms with Gasteiger partial charge in [0, 0.05) is 18.0 Å². The van der Waals surface area contributed by atoms with Gasteiger partial charge in [-0.15, -0.1) is 0 Å². The Morgan fingerprint density at radius 1 is 1.00 bits per heavy atom. The van der Waals surface area contributed by atoms with Gasteiger partial charge in [0.1, 0.15) is 0 Å². The predicted molar refractivity (Wildman–Crippen MR) is 115 cm³/mol. The molecule has 0 aliphatic carbocycles. The van der Waals surface area contributed by atoms with Crippen LogP contribution in [0.1, 0.15) is 27.4 Å². The second-order valence-corrected chi connectivity index (χ2v) is 6.85. The van der Waals surface area contributed by atoms with Gasteiger partial charge in [0.15, 0.2) is 5.69 Å². The van der Waals surface area contributed by atoms with Crippen LogP contribution in [0.2, 0.25) is 0 Å². The van der Waals surface area contributed by atoms with Crippen LogP contribution < -0.4 is 11.0 Å². The number of aromatic nitrogens is 4. The van der Waals surface area contributed by atoms with Gasteiger partial charge in [-0.05, 0) is 32.0 Å². The van der Waals surface area contributed by atoms with E-state index in [0.29, 0.717) is 10.8 Å². The number of carbonyl (C=O) groups excluding carboxylic acids is 1. The Morgan fingerprint density at radius 3 is 2.40 bits per heavy atom. The molecule has 0 fully saturated rings. The number of nitrogens with one attached hydrogen (secondary N) is 1. The summed E-state index contributed by atoms with van der Waals surface area (Å²) in [6.45, 7) is 3.83. The molecule has 0 radical (unpaired) electrons. The summed E-state index contributed by atoms with van der Waals surface area (Å²) < 4.78 is 2.99. The average Bonchev–Trinajstić information content (AvgIpc) is 3.05. The quantitative estimate of drug-likeness (QED) is 0.421. The predicted octanol–water partition coefficient (Wildman–Crippen LogP) is 2.50. The molecule has 30 heavy (non-hydrogen) atoms. The zero-order valence-corrected chi connectivity index (χ0v) is 16.8. The summed E-state index contributed by atoms with van der Waals surface area (Å²) >= 11 is 0. The molecule has 0 bridgehead atoms. The van der Waals surface area contributed by atoms with Crippen molar-refractivity contribution in [1.29, 1.82) is 0 Å². The summed E-state index contributed by atoms with van der Waals surface area (Å²) in [5.74, 6) is -0.496. The van der Waals surface area contributed by atoms with E-state index < -0.39 is 5.91 Å². The molecule has 0 aliphatic heterocycles. The molecular formula is C22H20N6O2. The third-order valence-electron chi connectivity index (χ3n) is 4.88. The minimum absolute atomic E-state index is 0.137. The van der Waals surface area contributed by atoms with Crippen LogP contribution in [0.15, 0.2) is 64.5 Å². The maximum absolute atomic E-state index is 12.7. The Hall–Kier alpha value is -4.07. The molecule has 0 spiro atoms.